The van der Waals surface area contributed by atoms with E-state index in [1.807, 2.05) is 43.5 Å². The Balaban J connectivity index is 1.95. The molecular weight excluding hydrogens is 284 g/mol. The van der Waals surface area contributed by atoms with Gasteiger partial charge in [0.05, 0.1) is 18.2 Å². The normalized spacial score (nSPS) is 11.7. The standard InChI is InChI=1S/C15H18N4O3/c1-11(18-15(22)16-8-6-14(20)21)12-4-2-5-13(10-12)19-9-3-7-17-19/h2-5,7,9-11H,6,8H2,1H3,(H,20,21)(H2,16,18,22). The molecule has 2 amide bonds. The minimum atomic E-state index is -0.944. The van der Waals surface area contributed by atoms with Crippen LogP contribution < -0.4 is 10.6 Å². The fraction of sp³-hybridized carbons (Fsp3) is 0.267. The quantitative estimate of drug-likeness (QED) is 0.756. The molecule has 0 aliphatic rings. The number of aromatic nitrogens is 2. The summed E-state index contributed by atoms with van der Waals surface area (Å²) in [5.74, 6) is -0.944. The van der Waals surface area contributed by atoms with E-state index >= 15 is 0 Å². The lowest BCUT2D eigenvalue weighted by molar-refractivity contribution is -0.136. The summed E-state index contributed by atoms with van der Waals surface area (Å²) in [6, 6.07) is 8.91. The van der Waals surface area contributed by atoms with Crippen molar-refractivity contribution in [1.29, 1.82) is 0 Å². The molecule has 1 heterocycles. The zero-order valence-electron chi connectivity index (χ0n) is 12.2. The van der Waals surface area contributed by atoms with Gasteiger partial charge in [-0.15, -0.1) is 0 Å². The van der Waals surface area contributed by atoms with Gasteiger partial charge in [0.15, 0.2) is 0 Å². The Bertz CT molecular complexity index is 640. The number of aliphatic carboxylic acids is 1. The molecule has 0 fully saturated rings. The number of rotatable bonds is 6. The van der Waals surface area contributed by atoms with Crippen LogP contribution in [0.3, 0.4) is 0 Å². The van der Waals surface area contributed by atoms with Gasteiger partial charge in [-0.2, -0.15) is 5.10 Å². The number of carbonyl (C=O) groups excluding carboxylic acids is 1. The highest BCUT2D eigenvalue weighted by atomic mass is 16.4. The number of hydrogen-bond donors (Lipinski definition) is 3. The van der Waals surface area contributed by atoms with Gasteiger partial charge in [0.2, 0.25) is 0 Å². The second kappa shape index (κ2) is 7.26. The number of urea groups is 1. The topological polar surface area (TPSA) is 96.3 Å². The predicted molar refractivity (Wildman–Crippen MR) is 80.8 cm³/mol. The first-order valence-corrected chi connectivity index (χ1v) is 6.92. The van der Waals surface area contributed by atoms with Crippen LogP contribution in [0.15, 0.2) is 42.7 Å². The molecule has 22 heavy (non-hydrogen) atoms. The third kappa shape index (κ3) is 4.34. The number of carboxylic acids is 1. The van der Waals surface area contributed by atoms with E-state index in [1.165, 1.54) is 0 Å². The van der Waals surface area contributed by atoms with E-state index in [1.54, 1.807) is 10.9 Å². The molecule has 1 atom stereocenters. The molecule has 7 heteroatoms. The van der Waals surface area contributed by atoms with Gasteiger partial charge < -0.3 is 15.7 Å². The molecule has 0 saturated heterocycles. The molecule has 0 bridgehead atoms. The van der Waals surface area contributed by atoms with Crippen molar-refractivity contribution in [3.63, 3.8) is 0 Å². The van der Waals surface area contributed by atoms with E-state index in [4.69, 9.17) is 5.11 Å². The van der Waals surface area contributed by atoms with Crippen LogP contribution in [0.1, 0.15) is 24.9 Å². The maximum absolute atomic E-state index is 11.7. The summed E-state index contributed by atoms with van der Waals surface area (Å²) in [6.07, 6.45) is 3.44. The second-order valence-corrected chi connectivity index (χ2v) is 4.81. The number of amides is 2. The summed E-state index contributed by atoms with van der Waals surface area (Å²) in [4.78, 5) is 22.1. The maximum Gasteiger partial charge on any atom is 0.315 e. The zero-order chi connectivity index (χ0) is 15.9. The van der Waals surface area contributed by atoms with Gasteiger partial charge in [-0.3, -0.25) is 4.79 Å². The summed E-state index contributed by atoms with van der Waals surface area (Å²) in [7, 11) is 0. The molecule has 2 rings (SSSR count). The molecule has 0 spiro atoms. The Labute approximate surface area is 128 Å². The molecule has 0 aliphatic heterocycles. The number of carbonyl (C=O) groups is 2. The van der Waals surface area contributed by atoms with Crippen molar-refractivity contribution >= 4 is 12.0 Å². The monoisotopic (exact) mass is 302 g/mol. The first-order valence-electron chi connectivity index (χ1n) is 6.92. The van der Waals surface area contributed by atoms with Gasteiger partial charge in [-0.25, -0.2) is 9.48 Å². The zero-order valence-corrected chi connectivity index (χ0v) is 12.2. The summed E-state index contributed by atoms with van der Waals surface area (Å²) in [5.41, 5.74) is 1.84. The Morgan fingerprint density at radius 1 is 1.36 bits per heavy atom. The van der Waals surface area contributed by atoms with Crippen molar-refractivity contribution < 1.29 is 14.7 Å². The second-order valence-electron chi connectivity index (χ2n) is 4.81. The molecule has 2 aromatic rings. The minimum absolute atomic E-state index is 0.0984. The Morgan fingerprint density at radius 2 is 2.18 bits per heavy atom. The fourth-order valence-electron chi connectivity index (χ4n) is 1.97. The highest BCUT2D eigenvalue weighted by Crippen LogP contribution is 2.16. The Hall–Kier alpha value is -2.83. The molecule has 1 aromatic heterocycles. The first-order chi connectivity index (χ1) is 10.6. The Morgan fingerprint density at radius 3 is 2.86 bits per heavy atom. The van der Waals surface area contributed by atoms with E-state index < -0.39 is 12.0 Å². The maximum atomic E-state index is 11.7. The van der Waals surface area contributed by atoms with Gasteiger partial charge in [0, 0.05) is 18.9 Å². The largest absolute Gasteiger partial charge is 0.481 e. The third-order valence-corrected chi connectivity index (χ3v) is 3.11. The van der Waals surface area contributed by atoms with Gasteiger partial charge in [0.25, 0.3) is 0 Å². The van der Waals surface area contributed by atoms with Crippen LogP contribution in [0.25, 0.3) is 5.69 Å². The SMILES string of the molecule is CC(NC(=O)NCCC(=O)O)c1cccc(-n2cccn2)c1. The van der Waals surface area contributed by atoms with E-state index in [2.05, 4.69) is 15.7 Å². The van der Waals surface area contributed by atoms with Crippen molar-refractivity contribution in [3.05, 3.63) is 48.3 Å². The van der Waals surface area contributed by atoms with Gasteiger partial charge in [0.1, 0.15) is 0 Å². The number of nitrogens with one attached hydrogen (secondary N) is 2. The van der Waals surface area contributed by atoms with Gasteiger partial charge in [-0.1, -0.05) is 12.1 Å². The molecule has 116 valence electrons. The third-order valence-electron chi connectivity index (χ3n) is 3.11. The van der Waals surface area contributed by atoms with Crippen molar-refractivity contribution in [3.8, 4) is 5.69 Å². The highest BCUT2D eigenvalue weighted by Gasteiger charge is 2.10. The smallest absolute Gasteiger partial charge is 0.315 e. The Kier molecular flexibility index (Phi) is 5.13. The lowest BCUT2D eigenvalue weighted by Gasteiger charge is -2.16. The molecule has 1 aromatic carbocycles. The summed E-state index contributed by atoms with van der Waals surface area (Å²) < 4.78 is 1.74. The average molecular weight is 302 g/mol. The van der Waals surface area contributed by atoms with E-state index in [0.717, 1.165) is 11.3 Å². The first kappa shape index (κ1) is 15.6. The molecule has 0 radical (unpaired) electrons. The number of hydrogen-bond acceptors (Lipinski definition) is 3. The lowest BCUT2D eigenvalue weighted by Crippen LogP contribution is -2.38. The fourth-order valence-corrected chi connectivity index (χ4v) is 1.97. The van der Waals surface area contributed by atoms with Gasteiger partial charge in [-0.05, 0) is 30.7 Å². The van der Waals surface area contributed by atoms with Crippen LogP contribution in [-0.4, -0.2) is 33.4 Å². The average Bonchev–Trinajstić information content (AvgIpc) is 3.01. The van der Waals surface area contributed by atoms with E-state index in [0.29, 0.717) is 0 Å². The van der Waals surface area contributed by atoms with Crippen molar-refractivity contribution in [2.75, 3.05) is 6.54 Å². The van der Waals surface area contributed by atoms with Crippen LogP contribution >= 0.6 is 0 Å². The number of carboxylic acid groups (broad SMARTS) is 1. The van der Waals surface area contributed by atoms with E-state index in [9.17, 15) is 9.59 Å². The van der Waals surface area contributed by atoms with Crippen LogP contribution in [0.4, 0.5) is 4.79 Å². The van der Waals surface area contributed by atoms with Crippen LogP contribution in [0.2, 0.25) is 0 Å². The molecule has 0 saturated carbocycles. The molecule has 1 unspecified atom stereocenters. The van der Waals surface area contributed by atoms with Gasteiger partial charge >= 0.3 is 12.0 Å². The lowest BCUT2D eigenvalue weighted by atomic mass is 10.1. The highest BCUT2D eigenvalue weighted by molar-refractivity contribution is 5.75. The molecule has 0 aliphatic carbocycles. The number of nitrogens with zero attached hydrogens (tertiary/aromatic N) is 2. The molecule has 7 nitrogen and oxygen atoms in total. The summed E-state index contributed by atoms with van der Waals surface area (Å²) in [5, 5.41) is 18.0. The number of benzene rings is 1. The molecular formula is C15H18N4O3. The summed E-state index contributed by atoms with van der Waals surface area (Å²) >= 11 is 0. The minimum Gasteiger partial charge on any atom is -0.481 e. The molecule has 3 N–H and O–H groups in total. The van der Waals surface area contributed by atoms with Crippen molar-refractivity contribution in [1.82, 2.24) is 20.4 Å². The van der Waals surface area contributed by atoms with Crippen LogP contribution in [-0.2, 0) is 4.79 Å². The van der Waals surface area contributed by atoms with Crippen molar-refractivity contribution in [2.24, 2.45) is 0 Å². The van der Waals surface area contributed by atoms with Crippen LogP contribution in [0, 0.1) is 0 Å². The predicted octanol–water partition coefficient (Wildman–Crippen LogP) is 1.71. The van der Waals surface area contributed by atoms with Crippen LogP contribution in [0.5, 0.6) is 0 Å². The van der Waals surface area contributed by atoms with E-state index in [-0.39, 0.29) is 19.0 Å². The summed E-state index contributed by atoms with van der Waals surface area (Å²) in [6.45, 7) is 1.96. The van der Waals surface area contributed by atoms with Crippen molar-refractivity contribution in [2.45, 2.75) is 19.4 Å².